The summed E-state index contributed by atoms with van der Waals surface area (Å²) in [5.41, 5.74) is 3.71. The lowest BCUT2D eigenvalue weighted by Crippen LogP contribution is -2.46. The van der Waals surface area contributed by atoms with Gasteiger partial charge in [-0.15, -0.1) is 0 Å². The zero-order valence-corrected chi connectivity index (χ0v) is 19.1. The minimum Gasteiger partial charge on any atom is -0.497 e. The highest BCUT2D eigenvalue weighted by Crippen LogP contribution is 2.31. The fraction of sp³-hybridized carbons (Fsp3) is 0.519. The van der Waals surface area contributed by atoms with E-state index in [1.54, 1.807) is 7.11 Å². The maximum Gasteiger partial charge on any atom is 0.257 e. The summed E-state index contributed by atoms with van der Waals surface area (Å²) in [7, 11) is 1.65. The van der Waals surface area contributed by atoms with Crippen LogP contribution in [0.25, 0.3) is 0 Å². The van der Waals surface area contributed by atoms with Crippen LogP contribution < -0.4 is 9.47 Å². The maximum atomic E-state index is 13.1. The molecule has 2 aromatic carbocycles. The number of benzene rings is 2. The van der Waals surface area contributed by atoms with Crippen LogP contribution in [0.15, 0.2) is 42.5 Å². The van der Waals surface area contributed by atoms with E-state index in [4.69, 9.17) is 9.47 Å². The number of hydrogen-bond acceptors (Lipinski definition) is 4. The molecule has 2 heterocycles. The second-order valence-corrected chi connectivity index (χ2v) is 9.38. The Morgan fingerprint density at radius 2 is 1.69 bits per heavy atom. The number of aryl methyl sites for hydroxylation is 1. The van der Waals surface area contributed by atoms with E-state index < -0.39 is 0 Å². The number of fused-ring (bicyclic) bond motifs is 1. The topological polar surface area (TPSA) is 42.0 Å². The number of carbonyl (C=O) groups is 1. The van der Waals surface area contributed by atoms with Crippen LogP contribution in [0.1, 0.15) is 53.6 Å². The number of amides is 1. The Labute approximate surface area is 191 Å². The number of likely N-dealkylation sites (tertiary alicyclic amines) is 2. The van der Waals surface area contributed by atoms with E-state index in [0.29, 0.717) is 17.4 Å². The van der Waals surface area contributed by atoms with Gasteiger partial charge in [0.25, 0.3) is 5.91 Å². The molecular weight excluding hydrogens is 400 g/mol. The molecule has 170 valence electrons. The SMILES string of the molecule is COc1ccc(C(=O)N2CCCC2)c(OC2CCN(C3CCc4ccccc4C3)CC2)c1. The van der Waals surface area contributed by atoms with Crippen molar-refractivity contribution in [2.45, 2.75) is 57.1 Å². The predicted molar refractivity (Wildman–Crippen MR) is 126 cm³/mol. The quantitative estimate of drug-likeness (QED) is 0.702. The Hall–Kier alpha value is -2.53. The lowest BCUT2D eigenvalue weighted by Gasteiger charge is -2.39. The largest absolute Gasteiger partial charge is 0.497 e. The van der Waals surface area contributed by atoms with Gasteiger partial charge in [0.1, 0.15) is 17.6 Å². The summed E-state index contributed by atoms with van der Waals surface area (Å²) < 4.78 is 11.9. The van der Waals surface area contributed by atoms with Crippen LogP contribution >= 0.6 is 0 Å². The summed E-state index contributed by atoms with van der Waals surface area (Å²) in [6.45, 7) is 3.79. The molecule has 2 aliphatic heterocycles. The summed E-state index contributed by atoms with van der Waals surface area (Å²) in [4.78, 5) is 17.7. The highest BCUT2D eigenvalue weighted by atomic mass is 16.5. The first-order valence-electron chi connectivity index (χ1n) is 12.2. The molecule has 32 heavy (non-hydrogen) atoms. The summed E-state index contributed by atoms with van der Waals surface area (Å²) in [6.07, 6.45) is 7.88. The van der Waals surface area contributed by atoms with E-state index in [0.717, 1.165) is 64.0 Å². The molecule has 0 radical (unpaired) electrons. The normalized spacial score (nSPS) is 21.9. The molecule has 2 aromatic rings. The van der Waals surface area contributed by atoms with Gasteiger partial charge in [0.05, 0.1) is 12.7 Å². The van der Waals surface area contributed by atoms with E-state index >= 15 is 0 Å². The third kappa shape index (κ3) is 4.49. The Balaban J connectivity index is 1.23. The molecule has 0 spiro atoms. The van der Waals surface area contributed by atoms with Crippen molar-refractivity contribution in [3.05, 3.63) is 59.2 Å². The standard InChI is InChI=1S/C27H34N2O3/c1-31-24-10-11-25(27(30)29-14-4-5-15-29)26(19-24)32-23-12-16-28(17-13-23)22-9-8-20-6-2-3-7-21(20)18-22/h2-3,6-7,10-11,19,22-23H,4-5,8-9,12-18H2,1H3. The smallest absolute Gasteiger partial charge is 0.257 e. The van der Waals surface area contributed by atoms with Gasteiger partial charge in [-0.05, 0) is 68.2 Å². The minimum atomic E-state index is 0.0819. The van der Waals surface area contributed by atoms with E-state index in [9.17, 15) is 4.79 Å². The number of carbonyl (C=O) groups excluding carboxylic acids is 1. The first-order valence-corrected chi connectivity index (χ1v) is 12.2. The van der Waals surface area contributed by atoms with Crippen LogP contribution in [0, 0.1) is 0 Å². The van der Waals surface area contributed by atoms with Gasteiger partial charge >= 0.3 is 0 Å². The fourth-order valence-electron chi connectivity index (χ4n) is 5.52. The van der Waals surface area contributed by atoms with Crippen LogP contribution in [-0.2, 0) is 12.8 Å². The summed E-state index contributed by atoms with van der Waals surface area (Å²) in [5.74, 6) is 1.49. The molecule has 0 N–H and O–H groups in total. The van der Waals surface area contributed by atoms with Crippen molar-refractivity contribution >= 4 is 5.91 Å². The molecule has 1 amide bonds. The van der Waals surface area contributed by atoms with Gasteiger partial charge in [0, 0.05) is 38.3 Å². The third-order valence-corrected chi connectivity index (χ3v) is 7.42. The Bertz CT molecular complexity index is 946. The van der Waals surface area contributed by atoms with Crippen LogP contribution in [0.3, 0.4) is 0 Å². The number of ether oxygens (including phenoxy) is 2. The van der Waals surface area contributed by atoms with E-state index in [1.165, 1.54) is 24.0 Å². The number of rotatable bonds is 5. The number of hydrogen-bond donors (Lipinski definition) is 0. The average Bonchev–Trinajstić information content (AvgIpc) is 3.39. The summed E-state index contributed by atoms with van der Waals surface area (Å²) >= 11 is 0. The van der Waals surface area contributed by atoms with Crippen molar-refractivity contribution in [1.29, 1.82) is 0 Å². The molecule has 5 nitrogen and oxygen atoms in total. The number of nitrogens with zero attached hydrogens (tertiary/aromatic N) is 2. The van der Waals surface area contributed by atoms with Crippen LogP contribution in [0.5, 0.6) is 11.5 Å². The van der Waals surface area contributed by atoms with Gasteiger partial charge in [0.15, 0.2) is 0 Å². The van der Waals surface area contributed by atoms with Crippen LogP contribution in [-0.4, -0.2) is 61.1 Å². The molecule has 1 aliphatic carbocycles. The average molecular weight is 435 g/mol. The van der Waals surface area contributed by atoms with Gasteiger partial charge in [-0.2, -0.15) is 0 Å². The molecule has 0 aromatic heterocycles. The molecule has 5 heteroatoms. The lowest BCUT2D eigenvalue weighted by molar-refractivity contribution is 0.0673. The zero-order valence-electron chi connectivity index (χ0n) is 19.1. The van der Waals surface area contributed by atoms with E-state index in [-0.39, 0.29) is 12.0 Å². The monoisotopic (exact) mass is 434 g/mol. The summed E-state index contributed by atoms with van der Waals surface area (Å²) in [6, 6.07) is 15.1. The fourth-order valence-corrected chi connectivity index (χ4v) is 5.52. The van der Waals surface area contributed by atoms with E-state index in [1.807, 2.05) is 23.1 Å². The highest BCUT2D eigenvalue weighted by Gasteiger charge is 2.30. The van der Waals surface area contributed by atoms with Crippen molar-refractivity contribution in [1.82, 2.24) is 9.80 Å². The highest BCUT2D eigenvalue weighted by molar-refractivity contribution is 5.97. The van der Waals surface area contributed by atoms with Crippen molar-refractivity contribution in [3.63, 3.8) is 0 Å². The van der Waals surface area contributed by atoms with Gasteiger partial charge < -0.3 is 14.4 Å². The van der Waals surface area contributed by atoms with Crippen molar-refractivity contribution in [2.75, 3.05) is 33.3 Å². The van der Waals surface area contributed by atoms with Crippen molar-refractivity contribution in [2.24, 2.45) is 0 Å². The first kappa shape index (κ1) is 21.3. The van der Waals surface area contributed by atoms with Crippen molar-refractivity contribution in [3.8, 4) is 11.5 Å². The van der Waals surface area contributed by atoms with Gasteiger partial charge in [0.2, 0.25) is 0 Å². The molecule has 5 rings (SSSR count). The first-order chi connectivity index (χ1) is 15.7. The van der Waals surface area contributed by atoms with Gasteiger partial charge in [-0.3, -0.25) is 9.69 Å². The minimum absolute atomic E-state index is 0.0819. The Morgan fingerprint density at radius 3 is 2.44 bits per heavy atom. The lowest BCUT2D eigenvalue weighted by atomic mass is 9.86. The Morgan fingerprint density at radius 1 is 0.938 bits per heavy atom. The molecule has 2 fully saturated rings. The van der Waals surface area contributed by atoms with Gasteiger partial charge in [-0.25, -0.2) is 0 Å². The molecular formula is C27H34N2O3. The zero-order chi connectivity index (χ0) is 21.9. The molecule has 0 saturated carbocycles. The second-order valence-electron chi connectivity index (χ2n) is 9.38. The molecule has 3 aliphatic rings. The summed E-state index contributed by atoms with van der Waals surface area (Å²) in [5, 5.41) is 0. The van der Waals surface area contributed by atoms with Gasteiger partial charge in [-0.1, -0.05) is 24.3 Å². The predicted octanol–water partition coefficient (Wildman–Crippen LogP) is 4.33. The second kappa shape index (κ2) is 9.53. The maximum absolute atomic E-state index is 13.1. The molecule has 2 saturated heterocycles. The Kier molecular flexibility index (Phi) is 6.35. The third-order valence-electron chi connectivity index (χ3n) is 7.42. The number of piperidine rings is 1. The van der Waals surface area contributed by atoms with E-state index in [2.05, 4.69) is 29.2 Å². The molecule has 0 bridgehead atoms. The molecule has 1 unspecified atom stereocenters. The van der Waals surface area contributed by atoms with Crippen LogP contribution in [0.4, 0.5) is 0 Å². The number of methoxy groups -OCH3 is 1. The van der Waals surface area contributed by atoms with Crippen molar-refractivity contribution < 1.29 is 14.3 Å². The molecule has 1 atom stereocenters. The van der Waals surface area contributed by atoms with Crippen LogP contribution in [0.2, 0.25) is 0 Å².